The Morgan fingerprint density at radius 1 is 1.25 bits per heavy atom. The maximum Gasteiger partial charge on any atom is 0.280 e. The van der Waals surface area contributed by atoms with Crippen molar-refractivity contribution in [2.24, 2.45) is 0 Å². The van der Waals surface area contributed by atoms with E-state index < -0.39 is 0 Å². The quantitative estimate of drug-likeness (QED) is 0.706. The molecule has 2 aliphatic rings. The summed E-state index contributed by atoms with van der Waals surface area (Å²) in [4.78, 5) is 43.0. The van der Waals surface area contributed by atoms with Crippen LogP contribution in [0.25, 0.3) is 0 Å². The number of fused-ring (bicyclic) bond motifs is 1. The second-order valence-electron chi connectivity index (χ2n) is 5.12. The van der Waals surface area contributed by atoms with E-state index in [4.69, 9.17) is 0 Å². The van der Waals surface area contributed by atoms with Crippen LogP contribution in [-0.4, -0.2) is 51.6 Å². The van der Waals surface area contributed by atoms with Gasteiger partial charge in [-0.15, -0.1) is 0 Å². The molecule has 3 amide bonds. The Balaban J connectivity index is 1.79. The molecule has 0 saturated carbocycles. The first-order valence-electron chi connectivity index (χ1n) is 6.68. The van der Waals surface area contributed by atoms with Gasteiger partial charge in [-0.25, -0.2) is 0 Å². The molecule has 1 aromatic rings. The van der Waals surface area contributed by atoms with Crippen molar-refractivity contribution in [3.05, 3.63) is 29.6 Å². The van der Waals surface area contributed by atoms with Gasteiger partial charge < -0.3 is 4.90 Å². The molecule has 6 nitrogen and oxygen atoms in total. The Morgan fingerprint density at radius 2 is 1.95 bits per heavy atom. The fraction of sp³-hybridized carbons (Fsp3) is 0.429. The Labute approximate surface area is 116 Å². The first kappa shape index (κ1) is 12.8. The number of likely N-dealkylation sites (tertiary alicyclic amines) is 1. The summed E-state index contributed by atoms with van der Waals surface area (Å²) >= 11 is 0. The van der Waals surface area contributed by atoms with Crippen molar-refractivity contribution in [1.29, 1.82) is 0 Å². The number of carbonyl (C=O) groups is 3. The van der Waals surface area contributed by atoms with Crippen LogP contribution in [0.5, 0.6) is 0 Å². The molecule has 0 radical (unpaired) electrons. The van der Waals surface area contributed by atoms with Gasteiger partial charge in [0.1, 0.15) is 5.69 Å². The molecule has 104 valence electrons. The van der Waals surface area contributed by atoms with Gasteiger partial charge in [-0.1, -0.05) is 0 Å². The number of aromatic nitrogens is 1. The fourth-order valence-corrected chi connectivity index (χ4v) is 2.85. The van der Waals surface area contributed by atoms with Gasteiger partial charge in [0.25, 0.3) is 11.8 Å². The van der Waals surface area contributed by atoms with Crippen LogP contribution in [0.2, 0.25) is 0 Å². The van der Waals surface area contributed by atoms with Crippen molar-refractivity contribution in [3.63, 3.8) is 0 Å². The number of hydrogen-bond donors (Lipinski definition) is 0. The molecule has 3 rings (SSSR count). The Kier molecular flexibility index (Phi) is 3.00. The van der Waals surface area contributed by atoms with Gasteiger partial charge in [0.05, 0.1) is 5.56 Å². The molecule has 20 heavy (non-hydrogen) atoms. The molecule has 0 spiro atoms. The predicted octanol–water partition coefficient (Wildman–Crippen LogP) is 0.689. The van der Waals surface area contributed by atoms with Gasteiger partial charge >= 0.3 is 0 Å². The Hall–Kier alpha value is -2.24. The fourth-order valence-electron chi connectivity index (χ4n) is 2.85. The maximum absolute atomic E-state index is 12.3. The van der Waals surface area contributed by atoms with E-state index in [1.807, 2.05) is 0 Å². The van der Waals surface area contributed by atoms with E-state index in [2.05, 4.69) is 4.98 Å². The predicted molar refractivity (Wildman–Crippen MR) is 70.0 cm³/mol. The lowest BCUT2D eigenvalue weighted by molar-refractivity contribution is -0.130. The molecule has 3 heterocycles. The molecule has 0 bridgehead atoms. The summed E-state index contributed by atoms with van der Waals surface area (Å²) in [6, 6.07) is 3.15. The van der Waals surface area contributed by atoms with Crippen LogP contribution in [0.3, 0.4) is 0 Å². The van der Waals surface area contributed by atoms with Crippen LogP contribution < -0.4 is 0 Å². The van der Waals surface area contributed by atoms with E-state index in [1.54, 1.807) is 17.0 Å². The zero-order valence-corrected chi connectivity index (χ0v) is 11.2. The summed E-state index contributed by atoms with van der Waals surface area (Å²) in [6.07, 6.45) is 2.78. The molecule has 0 N–H and O–H groups in total. The summed E-state index contributed by atoms with van der Waals surface area (Å²) < 4.78 is 0. The average Bonchev–Trinajstić information content (AvgIpc) is 2.72. The molecule has 0 unspecified atom stereocenters. The van der Waals surface area contributed by atoms with Crippen LogP contribution in [-0.2, 0) is 4.79 Å². The van der Waals surface area contributed by atoms with E-state index in [9.17, 15) is 14.4 Å². The third-order valence-electron chi connectivity index (χ3n) is 3.95. The normalized spacial score (nSPS) is 19.4. The molecule has 0 atom stereocenters. The monoisotopic (exact) mass is 273 g/mol. The van der Waals surface area contributed by atoms with E-state index in [1.165, 1.54) is 18.0 Å². The highest BCUT2D eigenvalue weighted by Gasteiger charge is 2.41. The molecular formula is C14H15N3O3. The van der Waals surface area contributed by atoms with Crippen LogP contribution in [0.4, 0.5) is 0 Å². The molecule has 1 saturated heterocycles. The molecule has 0 aromatic carbocycles. The minimum Gasteiger partial charge on any atom is -0.343 e. The minimum absolute atomic E-state index is 0.0347. The number of carbonyl (C=O) groups excluding carboxylic acids is 3. The van der Waals surface area contributed by atoms with Gasteiger partial charge in [0.2, 0.25) is 5.91 Å². The summed E-state index contributed by atoms with van der Waals surface area (Å²) in [6.45, 7) is 2.70. The lowest BCUT2D eigenvalue weighted by atomic mass is 10.0. The van der Waals surface area contributed by atoms with Gasteiger partial charge in [-0.2, -0.15) is 0 Å². The topological polar surface area (TPSA) is 70.6 Å². The summed E-state index contributed by atoms with van der Waals surface area (Å²) in [5.41, 5.74) is 0.623. The van der Waals surface area contributed by atoms with E-state index >= 15 is 0 Å². The number of rotatable bonds is 1. The third-order valence-corrected chi connectivity index (χ3v) is 3.95. The van der Waals surface area contributed by atoms with Crippen LogP contribution in [0.15, 0.2) is 18.3 Å². The Bertz CT molecular complexity index is 556. The minimum atomic E-state index is -0.313. The molecule has 0 aliphatic carbocycles. The highest BCUT2D eigenvalue weighted by molar-refractivity contribution is 6.20. The first-order valence-corrected chi connectivity index (χ1v) is 6.68. The largest absolute Gasteiger partial charge is 0.343 e. The van der Waals surface area contributed by atoms with Gasteiger partial charge in [0, 0.05) is 32.3 Å². The van der Waals surface area contributed by atoms with E-state index in [0.717, 1.165) is 0 Å². The van der Waals surface area contributed by atoms with Gasteiger partial charge in [-0.05, 0) is 25.0 Å². The molecular weight excluding hydrogens is 258 g/mol. The summed E-state index contributed by atoms with van der Waals surface area (Å²) in [5, 5.41) is 0. The summed E-state index contributed by atoms with van der Waals surface area (Å²) in [5.74, 6) is -0.543. The highest BCUT2D eigenvalue weighted by atomic mass is 16.2. The molecule has 2 aliphatic heterocycles. The number of imide groups is 1. The van der Waals surface area contributed by atoms with Crippen molar-refractivity contribution in [2.75, 3.05) is 13.1 Å². The van der Waals surface area contributed by atoms with E-state index in [0.29, 0.717) is 31.5 Å². The molecule has 1 fully saturated rings. The van der Waals surface area contributed by atoms with E-state index in [-0.39, 0.29) is 29.5 Å². The zero-order chi connectivity index (χ0) is 14.3. The molecule has 1 aromatic heterocycles. The van der Waals surface area contributed by atoms with Crippen LogP contribution in [0, 0.1) is 0 Å². The second kappa shape index (κ2) is 4.70. The average molecular weight is 273 g/mol. The van der Waals surface area contributed by atoms with Gasteiger partial charge in [0.15, 0.2) is 0 Å². The summed E-state index contributed by atoms with van der Waals surface area (Å²) in [7, 11) is 0. The lowest BCUT2D eigenvalue weighted by Crippen LogP contribution is -2.48. The maximum atomic E-state index is 12.3. The highest BCUT2D eigenvalue weighted by Crippen LogP contribution is 2.27. The smallest absolute Gasteiger partial charge is 0.280 e. The molecule has 6 heteroatoms. The van der Waals surface area contributed by atoms with Gasteiger partial charge in [-0.3, -0.25) is 24.3 Å². The van der Waals surface area contributed by atoms with Crippen LogP contribution in [0.1, 0.15) is 40.6 Å². The number of pyridine rings is 1. The number of amides is 3. The van der Waals surface area contributed by atoms with Crippen molar-refractivity contribution in [3.8, 4) is 0 Å². The van der Waals surface area contributed by atoms with Crippen molar-refractivity contribution in [2.45, 2.75) is 25.8 Å². The van der Waals surface area contributed by atoms with Crippen LogP contribution >= 0.6 is 0 Å². The Morgan fingerprint density at radius 3 is 2.55 bits per heavy atom. The van der Waals surface area contributed by atoms with Crippen molar-refractivity contribution >= 4 is 17.7 Å². The lowest BCUT2D eigenvalue weighted by Gasteiger charge is -2.35. The third kappa shape index (κ3) is 1.88. The SMILES string of the molecule is CC(=O)N1CCC(N2C(=O)c3cccnc3C2=O)CC1. The standard InChI is InChI=1S/C14H15N3O3/c1-9(18)16-7-4-10(5-8-16)17-13(19)11-3-2-6-15-12(11)14(17)20/h2-3,6,10H,4-5,7-8H2,1H3. The first-order chi connectivity index (χ1) is 9.59. The number of nitrogens with zero attached hydrogens (tertiary/aromatic N) is 3. The number of hydrogen-bond acceptors (Lipinski definition) is 4. The second-order valence-corrected chi connectivity index (χ2v) is 5.12. The zero-order valence-electron chi connectivity index (χ0n) is 11.2. The van der Waals surface area contributed by atoms with Crippen molar-refractivity contribution in [1.82, 2.24) is 14.8 Å². The van der Waals surface area contributed by atoms with Crippen molar-refractivity contribution < 1.29 is 14.4 Å². The number of piperidine rings is 1.